The van der Waals surface area contributed by atoms with Crippen LogP contribution in [-0.4, -0.2) is 14.6 Å². The van der Waals surface area contributed by atoms with Crippen molar-refractivity contribution in [3.05, 3.63) is 72.2 Å². The molecule has 0 spiro atoms. The third kappa shape index (κ3) is 1.89. The van der Waals surface area contributed by atoms with Crippen LogP contribution >= 0.6 is 0 Å². The van der Waals surface area contributed by atoms with E-state index in [0.717, 1.165) is 16.5 Å². The molecule has 4 aromatic rings. The van der Waals surface area contributed by atoms with Crippen molar-refractivity contribution in [2.24, 2.45) is 0 Å². The fourth-order valence-electron chi connectivity index (χ4n) is 2.47. The summed E-state index contributed by atoms with van der Waals surface area (Å²) in [5, 5.41) is 13.8. The van der Waals surface area contributed by atoms with Crippen LogP contribution < -0.4 is 5.49 Å². The number of para-hydroxylation sites is 1. The summed E-state index contributed by atoms with van der Waals surface area (Å²) in [6.07, 6.45) is 0. The topological polar surface area (TPSA) is 54.0 Å². The van der Waals surface area contributed by atoms with Gasteiger partial charge in [-0.3, -0.25) is 5.41 Å². The largest absolute Gasteiger partial charge is 0.281 e. The third-order valence-electron chi connectivity index (χ3n) is 3.49. The van der Waals surface area contributed by atoms with Gasteiger partial charge in [0.15, 0.2) is 11.1 Å². The first-order valence-corrected chi connectivity index (χ1v) is 6.72. The van der Waals surface area contributed by atoms with E-state index in [0.29, 0.717) is 11.3 Å². The predicted octanol–water partition coefficient (Wildman–Crippen LogP) is 3.03. The Labute approximate surface area is 120 Å². The molecule has 4 nitrogen and oxygen atoms in total. The van der Waals surface area contributed by atoms with E-state index in [2.05, 4.69) is 10.1 Å². The van der Waals surface area contributed by atoms with Crippen molar-refractivity contribution in [1.29, 1.82) is 5.41 Å². The molecule has 21 heavy (non-hydrogen) atoms. The van der Waals surface area contributed by atoms with Gasteiger partial charge in [0.1, 0.15) is 5.69 Å². The molecule has 0 radical (unpaired) electrons. The zero-order chi connectivity index (χ0) is 14.2. The highest BCUT2D eigenvalue weighted by molar-refractivity contribution is 5.81. The van der Waals surface area contributed by atoms with Gasteiger partial charge < -0.3 is 0 Å². The smallest absolute Gasteiger partial charge is 0.175 e. The Hall–Kier alpha value is -3.01. The third-order valence-corrected chi connectivity index (χ3v) is 3.49. The van der Waals surface area contributed by atoms with E-state index in [1.54, 1.807) is 4.52 Å². The Morgan fingerprint density at radius 3 is 2.43 bits per heavy atom. The summed E-state index contributed by atoms with van der Waals surface area (Å²) in [5.74, 6) is 0. The van der Waals surface area contributed by atoms with Crippen LogP contribution in [0.25, 0.3) is 27.8 Å². The van der Waals surface area contributed by atoms with E-state index in [4.69, 9.17) is 5.41 Å². The second-order valence-electron chi connectivity index (χ2n) is 4.84. The van der Waals surface area contributed by atoms with Crippen LogP contribution in [0.4, 0.5) is 0 Å². The van der Waals surface area contributed by atoms with Gasteiger partial charge >= 0.3 is 0 Å². The summed E-state index contributed by atoms with van der Waals surface area (Å²) in [6, 6.07) is 21.6. The molecule has 0 aliphatic heterocycles. The number of pyridine rings is 1. The standard InChI is InChI=1S/C17H12N4/c18-17-16(13-7-2-1-3-8-13)20-21-14-9-5-4-6-12(14)10-11-15(21)19-17/h1-11,18H. The molecule has 100 valence electrons. The monoisotopic (exact) mass is 272 g/mol. The summed E-state index contributed by atoms with van der Waals surface area (Å²) < 4.78 is 1.80. The lowest BCUT2D eigenvalue weighted by atomic mass is 10.1. The van der Waals surface area contributed by atoms with Gasteiger partial charge in [0.05, 0.1) is 5.52 Å². The highest BCUT2D eigenvalue weighted by Crippen LogP contribution is 2.16. The Bertz CT molecular complexity index is 1000. The number of nitrogens with one attached hydrogen (secondary N) is 1. The van der Waals surface area contributed by atoms with E-state index < -0.39 is 0 Å². The van der Waals surface area contributed by atoms with Gasteiger partial charge in [0, 0.05) is 10.9 Å². The van der Waals surface area contributed by atoms with Gasteiger partial charge in [-0.05, 0) is 18.2 Å². The van der Waals surface area contributed by atoms with E-state index in [-0.39, 0.29) is 5.49 Å². The normalized spacial score (nSPS) is 11.0. The average molecular weight is 272 g/mol. The number of fused-ring (bicyclic) bond motifs is 3. The minimum atomic E-state index is 0.191. The first-order valence-electron chi connectivity index (χ1n) is 6.72. The number of hydrogen-bond acceptors (Lipinski definition) is 3. The number of benzene rings is 2. The van der Waals surface area contributed by atoms with Gasteiger partial charge in [-0.25, -0.2) is 9.50 Å². The molecule has 2 heterocycles. The maximum absolute atomic E-state index is 8.11. The maximum atomic E-state index is 8.11. The molecule has 4 rings (SSSR count). The lowest BCUT2D eigenvalue weighted by molar-refractivity contribution is 0.898. The Morgan fingerprint density at radius 2 is 1.57 bits per heavy atom. The van der Waals surface area contributed by atoms with Gasteiger partial charge in [0.2, 0.25) is 0 Å². The van der Waals surface area contributed by atoms with Crippen molar-refractivity contribution in [2.45, 2.75) is 0 Å². The molecular formula is C17H12N4. The highest BCUT2D eigenvalue weighted by atomic mass is 15.3. The Kier molecular flexibility index (Phi) is 2.54. The van der Waals surface area contributed by atoms with Crippen molar-refractivity contribution in [3.63, 3.8) is 0 Å². The second-order valence-corrected chi connectivity index (χ2v) is 4.84. The molecule has 2 aromatic carbocycles. The number of aromatic nitrogens is 3. The SMILES string of the molecule is N=c1nc2ccc3ccccc3n2nc1-c1ccccc1. The van der Waals surface area contributed by atoms with Crippen LogP contribution in [0.2, 0.25) is 0 Å². The molecular weight excluding hydrogens is 260 g/mol. The van der Waals surface area contributed by atoms with Crippen LogP contribution in [0.5, 0.6) is 0 Å². The molecule has 0 aliphatic rings. The predicted molar refractivity (Wildman–Crippen MR) is 81.8 cm³/mol. The molecule has 4 heteroatoms. The molecule has 0 aliphatic carbocycles. The van der Waals surface area contributed by atoms with Gasteiger partial charge in [-0.1, -0.05) is 48.5 Å². The average Bonchev–Trinajstić information content (AvgIpc) is 2.55. The number of hydrogen-bond donors (Lipinski definition) is 1. The zero-order valence-corrected chi connectivity index (χ0v) is 11.2. The van der Waals surface area contributed by atoms with Crippen LogP contribution in [0.15, 0.2) is 66.7 Å². The first kappa shape index (κ1) is 11.8. The minimum absolute atomic E-state index is 0.191. The van der Waals surface area contributed by atoms with Crippen LogP contribution in [0, 0.1) is 5.41 Å². The van der Waals surface area contributed by atoms with Crippen LogP contribution in [0.1, 0.15) is 0 Å². The first-order chi connectivity index (χ1) is 10.3. The molecule has 0 saturated carbocycles. The highest BCUT2D eigenvalue weighted by Gasteiger charge is 2.07. The van der Waals surface area contributed by atoms with E-state index in [9.17, 15) is 0 Å². The number of rotatable bonds is 1. The Morgan fingerprint density at radius 1 is 0.810 bits per heavy atom. The molecule has 0 unspecified atom stereocenters. The molecule has 1 N–H and O–H groups in total. The van der Waals surface area contributed by atoms with Crippen molar-refractivity contribution in [2.75, 3.05) is 0 Å². The molecule has 0 bridgehead atoms. The van der Waals surface area contributed by atoms with E-state index in [1.165, 1.54) is 0 Å². The van der Waals surface area contributed by atoms with E-state index >= 15 is 0 Å². The molecule has 0 amide bonds. The van der Waals surface area contributed by atoms with Crippen molar-refractivity contribution in [3.8, 4) is 11.3 Å². The van der Waals surface area contributed by atoms with Crippen molar-refractivity contribution in [1.82, 2.24) is 14.6 Å². The summed E-state index contributed by atoms with van der Waals surface area (Å²) in [5.41, 5.74) is 3.34. The quantitative estimate of drug-likeness (QED) is 0.541. The summed E-state index contributed by atoms with van der Waals surface area (Å²) >= 11 is 0. The fraction of sp³-hybridized carbons (Fsp3) is 0. The van der Waals surface area contributed by atoms with Crippen molar-refractivity contribution >= 4 is 16.6 Å². The van der Waals surface area contributed by atoms with Crippen molar-refractivity contribution < 1.29 is 0 Å². The fourth-order valence-corrected chi connectivity index (χ4v) is 2.47. The minimum Gasteiger partial charge on any atom is -0.281 e. The summed E-state index contributed by atoms with van der Waals surface area (Å²) in [7, 11) is 0. The molecule has 0 fully saturated rings. The van der Waals surface area contributed by atoms with Crippen LogP contribution in [-0.2, 0) is 0 Å². The Balaban J connectivity index is 2.12. The molecule has 0 saturated heterocycles. The summed E-state index contributed by atoms with van der Waals surface area (Å²) in [4.78, 5) is 4.37. The van der Waals surface area contributed by atoms with Gasteiger partial charge in [-0.2, -0.15) is 5.10 Å². The lowest BCUT2D eigenvalue weighted by Crippen LogP contribution is -2.16. The summed E-state index contributed by atoms with van der Waals surface area (Å²) in [6.45, 7) is 0. The zero-order valence-electron chi connectivity index (χ0n) is 11.2. The lowest BCUT2D eigenvalue weighted by Gasteiger charge is -2.07. The van der Waals surface area contributed by atoms with Gasteiger partial charge in [-0.15, -0.1) is 0 Å². The van der Waals surface area contributed by atoms with Gasteiger partial charge in [0.25, 0.3) is 0 Å². The second kappa shape index (κ2) is 4.52. The molecule has 0 atom stereocenters. The molecule has 2 aromatic heterocycles. The van der Waals surface area contributed by atoms with E-state index in [1.807, 2.05) is 66.7 Å². The van der Waals surface area contributed by atoms with Crippen LogP contribution in [0.3, 0.4) is 0 Å². The maximum Gasteiger partial charge on any atom is 0.175 e. The number of nitrogens with zero attached hydrogens (tertiary/aromatic N) is 3.